The summed E-state index contributed by atoms with van der Waals surface area (Å²) < 4.78 is 54.8. The minimum absolute atomic E-state index is 0.186. The highest BCUT2D eigenvalue weighted by molar-refractivity contribution is 5.53. The molecule has 1 N–H and O–H groups in total. The largest absolute Gasteiger partial charge is 0.444 e. The number of hydrogen-bond acceptors (Lipinski definition) is 9. The molecule has 0 bridgehead atoms. The molecule has 1 atom stereocenters. The molecule has 5 rings (SSSR count). The summed E-state index contributed by atoms with van der Waals surface area (Å²) in [6.07, 6.45) is -2.77. The smallest absolute Gasteiger partial charge is 0.416 e. The first kappa shape index (κ1) is 28.0. The van der Waals surface area contributed by atoms with Crippen LogP contribution in [0.4, 0.5) is 13.2 Å². The van der Waals surface area contributed by atoms with Crippen LogP contribution < -0.4 is 0 Å². The average molecular weight is 558 g/mol. The molecule has 4 aromatic rings. The molecule has 0 radical (unpaired) electrons. The van der Waals surface area contributed by atoms with Crippen LogP contribution in [-0.4, -0.2) is 82.1 Å². The van der Waals surface area contributed by atoms with E-state index in [4.69, 9.17) is 13.7 Å². The van der Waals surface area contributed by atoms with E-state index < -0.39 is 17.8 Å². The maximum absolute atomic E-state index is 12.8. The SMILES string of the molecule is O[C@H](COCCc1coc(-c2ccccc2)n1)CN1CCN(Cc2noc(-c3ccc(C(F)(F)F)cc3)n2)CC1. The first-order valence-electron chi connectivity index (χ1n) is 13.0. The van der Waals surface area contributed by atoms with Gasteiger partial charge in [0.05, 0.1) is 37.1 Å². The summed E-state index contributed by atoms with van der Waals surface area (Å²) in [6, 6.07) is 14.3. The highest BCUT2D eigenvalue weighted by Gasteiger charge is 2.30. The topological polar surface area (TPSA) is 101 Å². The molecule has 0 aliphatic carbocycles. The third-order valence-corrected chi connectivity index (χ3v) is 6.61. The molecule has 1 aliphatic rings. The fraction of sp³-hybridized carbons (Fsp3) is 0.393. The second kappa shape index (κ2) is 12.7. The summed E-state index contributed by atoms with van der Waals surface area (Å²) >= 11 is 0. The predicted octanol–water partition coefficient (Wildman–Crippen LogP) is 4.15. The fourth-order valence-electron chi connectivity index (χ4n) is 4.45. The molecule has 212 valence electrons. The van der Waals surface area contributed by atoms with E-state index in [0.717, 1.165) is 49.6 Å². The van der Waals surface area contributed by atoms with Gasteiger partial charge in [0.2, 0.25) is 5.89 Å². The molecule has 9 nitrogen and oxygen atoms in total. The molecule has 0 amide bonds. The Kier molecular flexibility index (Phi) is 8.90. The van der Waals surface area contributed by atoms with Gasteiger partial charge in [-0.05, 0) is 36.4 Å². The minimum Gasteiger partial charge on any atom is -0.444 e. The molecule has 1 aliphatic heterocycles. The van der Waals surface area contributed by atoms with Gasteiger partial charge in [0.25, 0.3) is 5.89 Å². The highest BCUT2D eigenvalue weighted by Crippen LogP contribution is 2.30. The molecule has 1 saturated heterocycles. The lowest BCUT2D eigenvalue weighted by atomic mass is 10.1. The molecule has 2 aromatic heterocycles. The van der Waals surface area contributed by atoms with Crippen molar-refractivity contribution in [3.8, 4) is 22.9 Å². The Morgan fingerprint density at radius 1 is 0.900 bits per heavy atom. The van der Waals surface area contributed by atoms with Crippen molar-refractivity contribution >= 4 is 0 Å². The Bertz CT molecular complexity index is 1340. The van der Waals surface area contributed by atoms with Crippen LogP contribution in [0.5, 0.6) is 0 Å². The van der Waals surface area contributed by atoms with E-state index in [2.05, 4.69) is 24.9 Å². The number of aliphatic hydroxyl groups is 1. The number of alkyl halides is 3. The molecule has 0 saturated carbocycles. The number of oxazole rings is 1. The molecular formula is C28H30F3N5O4. The summed E-state index contributed by atoms with van der Waals surface area (Å²) in [6.45, 7) is 4.70. The summed E-state index contributed by atoms with van der Waals surface area (Å²) in [7, 11) is 0. The van der Waals surface area contributed by atoms with Gasteiger partial charge in [0.1, 0.15) is 6.26 Å². The van der Waals surface area contributed by atoms with Crippen LogP contribution in [0.25, 0.3) is 22.9 Å². The van der Waals surface area contributed by atoms with Crippen molar-refractivity contribution in [1.82, 2.24) is 24.9 Å². The normalized spacial score (nSPS) is 15.9. The second-order valence-electron chi connectivity index (χ2n) is 9.66. The predicted molar refractivity (Wildman–Crippen MR) is 139 cm³/mol. The number of halogens is 3. The Morgan fingerprint density at radius 3 is 2.33 bits per heavy atom. The molecule has 0 spiro atoms. The zero-order chi connectivity index (χ0) is 28.0. The van der Waals surface area contributed by atoms with Crippen molar-refractivity contribution in [2.24, 2.45) is 0 Å². The van der Waals surface area contributed by atoms with Crippen molar-refractivity contribution < 1.29 is 32.0 Å². The number of benzene rings is 2. The summed E-state index contributed by atoms with van der Waals surface area (Å²) in [5, 5.41) is 14.4. The van der Waals surface area contributed by atoms with E-state index in [1.807, 2.05) is 30.3 Å². The van der Waals surface area contributed by atoms with Crippen molar-refractivity contribution in [2.45, 2.75) is 25.2 Å². The van der Waals surface area contributed by atoms with Crippen LogP contribution in [0.15, 0.2) is 69.8 Å². The average Bonchev–Trinajstić information content (AvgIpc) is 3.62. The standard InChI is InChI=1S/C28H30F3N5O4/c29-28(30,31)22-8-6-21(7-9-22)27-33-25(34-40-27)17-36-13-11-35(12-14-36)16-24(37)19-38-15-10-23-18-39-26(32-23)20-4-2-1-3-5-20/h1-9,18,24,37H,10-17,19H2/t24-/m0/s1. The number of ether oxygens (including phenoxy) is 1. The van der Waals surface area contributed by atoms with E-state index in [1.165, 1.54) is 12.1 Å². The molecule has 2 aromatic carbocycles. The summed E-state index contributed by atoms with van der Waals surface area (Å²) in [5.41, 5.74) is 1.43. The monoisotopic (exact) mass is 557 g/mol. The molecular weight excluding hydrogens is 527 g/mol. The first-order valence-corrected chi connectivity index (χ1v) is 13.0. The van der Waals surface area contributed by atoms with Gasteiger partial charge in [0, 0.05) is 50.3 Å². The lowest BCUT2D eigenvalue weighted by molar-refractivity contribution is -0.137. The van der Waals surface area contributed by atoms with Gasteiger partial charge >= 0.3 is 6.18 Å². The fourth-order valence-corrected chi connectivity index (χ4v) is 4.45. The van der Waals surface area contributed by atoms with Crippen LogP contribution in [0.2, 0.25) is 0 Å². The number of aromatic nitrogens is 3. The lowest BCUT2D eigenvalue weighted by Gasteiger charge is -2.34. The van der Waals surface area contributed by atoms with Crippen LogP contribution in [0.3, 0.4) is 0 Å². The second-order valence-corrected chi connectivity index (χ2v) is 9.66. The molecule has 1 fully saturated rings. The number of aliphatic hydroxyl groups excluding tert-OH is 1. The van der Waals surface area contributed by atoms with E-state index in [9.17, 15) is 18.3 Å². The number of piperazine rings is 1. The Morgan fingerprint density at radius 2 is 1.60 bits per heavy atom. The van der Waals surface area contributed by atoms with Crippen molar-refractivity contribution in [1.29, 1.82) is 0 Å². The first-order chi connectivity index (χ1) is 19.3. The van der Waals surface area contributed by atoms with E-state index in [1.54, 1.807) is 6.26 Å². The van der Waals surface area contributed by atoms with Crippen molar-refractivity contribution in [3.05, 3.63) is 77.9 Å². The maximum Gasteiger partial charge on any atom is 0.416 e. The molecule has 3 heterocycles. The molecule has 0 unspecified atom stereocenters. The minimum atomic E-state index is -4.39. The Labute approximate surface area is 229 Å². The summed E-state index contributed by atoms with van der Waals surface area (Å²) in [4.78, 5) is 13.2. The quantitative estimate of drug-likeness (QED) is 0.273. The van der Waals surface area contributed by atoms with Gasteiger partial charge in [-0.15, -0.1) is 0 Å². The van der Waals surface area contributed by atoms with Gasteiger partial charge < -0.3 is 18.8 Å². The third kappa shape index (κ3) is 7.54. The van der Waals surface area contributed by atoms with Gasteiger partial charge in [-0.3, -0.25) is 9.80 Å². The highest BCUT2D eigenvalue weighted by atomic mass is 19.4. The number of hydrogen-bond donors (Lipinski definition) is 1. The molecule has 40 heavy (non-hydrogen) atoms. The van der Waals surface area contributed by atoms with Crippen LogP contribution >= 0.6 is 0 Å². The number of nitrogens with zero attached hydrogens (tertiary/aromatic N) is 5. The molecule has 12 heteroatoms. The zero-order valence-corrected chi connectivity index (χ0v) is 21.8. The lowest BCUT2D eigenvalue weighted by Crippen LogP contribution is -2.48. The van der Waals surface area contributed by atoms with Gasteiger partial charge in [-0.2, -0.15) is 18.2 Å². The van der Waals surface area contributed by atoms with Crippen LogP contribution in [-0.2, 0) is 23.9 Å². The van der Waals surface area contributed by atoms with Crippen molar-refractivity contribution in [2.75, 3.05) is 45.9 Å². The van der Waals surface area contributed by atoms with Gasteiger partial charge in [0.15, 0.2) is 5.82 Å². The Balaban J connectivity index is 0.985. The Hall–Kier alpha value is -3.58. The zero-order valence-electron chi connectivity index (χ0n) is 21.8. The maximum atomic E-state index is 12.8. The summed E-state index contributed by atoms with van der Waals surface area (Å²) in [5.74, 6) is 1.24. The number of β-amino-alcohol motifs (C(OH)–C–C–N with tert-alkyl or cyclic N) is 1. The third-order valence-electron chi connectivity index (χ3n) is 6.61. The van der Waals surface area contributed by atoms with Crippen LogP contribution in [0.1, 0.15) is 17.1 Å². The van der Waals surface area contributed by atoms with Gasteiger partial charge in [-0.1, -0.05) is 23.4 Å². The van der Waals surface area contributed by atoms with E-state index in [0.29, 0.717) is 43.4 Å². The van der Waals surface area contributed by atoms with Gasteiger partial charge in [-0.25, -0.2) is 4.98 Å². The van der Waals surface area contributed by atoms with Crippen LogP contribution in [0, 0.1) is 0 Å². The van der Waals surface area contributed by atoms with E-state index >= 15 is 0 Å². The van der Waals surface area contributed by atoms with E-state index in [-0.39, 0.29) is 12.5 Å². The number of rotatable bonds is 11. The van der Waals surface area contributed by atoms with Crippen molar-refractivity contribution in [3.63, 3.8) is 0 Å².